The molecule has 0 aliphatic carbocycles. The smallest absolute Gasteiger partial charge is 0.237 e. The van der Waals surface area contributed by atoms with E-state index >= 15 is 0 Å². The molecule has 1 saturated heterocycles. The average molecular weight is 390 g/mol. The first-order chi connectivity index (χ1) is 12.6. The Labute approximate surface area is 160 Å². The summed E-state index contributed by atoms with van der Waals surface area (Å²) < 4.78 is 5.49. The molecule has 1 aromatic heterocycles. The Balaban J connectivity index is 1.67. The maximum Gasteiger partial charge on any atom is 0.237 e. The van der Waals surface area contributed by atoms with Crippen LogP contribution in [0.15, 0.2) is 42.5 Å². The Morgan fingerprint density at radius 1 is 1.12 bits per heavy atom. The van der Waals surface area contributed by atoms with E-state index in [1.54, 1.807) is 12.1 Å². The van der Waals surface area contributed by atoms with Gasteiger partial charge in [0.2, 0.25) is 11.9 Å². The van der Waals surface area contributed by atoms with Crippen LogP contribution in [0.2, 0.25) is 10.0 Å². The first-order valence-electron chi connectivity index (χ1n) is 8.38. The maximum absolute atomic E-state index is 13.2. The first-order valence-corrected chi connectivity index (χ1v) is 9.14. The SMILES string of the molecule is O=C(Nc1nc2cc(Cl)c(Cl)cc2[nH]1)C1(c2ccccc2)CCOCC1. The molecule has 5 nitrogen and oxygen atoms in total. The fourth-order valence-electron chi connectivity index (χ4n) is 3.42. The molecule has 0 bridgehead atoms. The number of aromatic amines is 1. The van der Waals surface area contributed by atoms with Crippen molar-refractivity contribution in [2.75, 3.05) is 18.5 Å². The summed E-state index contributed by atoms with van der Waals surface area (Å²) in [4.78, 5) is 20.7. The monoisotopic (exact) mass is 389 g/mol. The zero-order valence-corrected chi connectivity index (χ0v) is 15.4. The van der Waals surface area contributed by atoms with Crippen molar-refractivity contribution in [1.82, 2.24) is 9.97 Å². The summed E-state index contributed by atoms with van der Waals surface area (Å²) in [6.07, 6.45) is 1.25. The number of carbonyl (C=O) groups excluding carboxylic acids is 1. The summed E-state index contributed by atoms with van der Waals surface area (Å²) in [7, 11) is 0. The van der Waals surface area contributed by atoms with Crippen molar-refractivity contribution >= 4 is 46.1 Å². The number of fused-ring (bicyclic) bond motifs is 1. The van der Waals surface area contributed by atoms with Gasteiger partial charge in [-0.3, -0.25) is 10.1 Å². The lowest BCUT2D eigenvalue weighted by atomic mass is 9.73. The van der Waals surface area contributed by atoms with E-state index in [9.17, 15) is 4.79 Å². The van der Waals surface area contributed by atoms with Crippen molar-refractivity contribution in [3.05, 3.63) is 58.1 Å². The molecule has 0 unspecified atom stereocenters. The van der Waals surface area contributed by atoms with Gasteiger partial charge in [-0.1, -0.05) is 53.5 Å². The molecule has 2 aromatic carbocycles. The number of hydrogen-bond donors (Lipinski definition) is 2. The number of anilines is 1. The van der Waals surface area contributed by atoms with E-state index in [2.05, 4.69) is 15.3 Å². The molecule has 0 radical (unpaired) electrons. The van der Waals surface area contributed by atoms with Gasteiger partial charge in [0.25, 0.3) is 0 Å². The van der Waals surface area contributed by atoms with Gasteiger partial charge in [0.05, 0.1) is 26.5 Å². The largest absolute Gasteiger partial charge is 0.381 e. The summed E-state index contributed by atoms with van der Waals surface area (Å²) in [6.45, 7) is 1.10. The van der Waals surface area contributed by atoms with Crippen LogP contribution in [0.4, 0.5) is 5.95 Å². The number of hydrogen-bond acceptors (Lipinski definition) is 3. The quantitative estimate of drug-likeness (QED) is 0.689. The third-order valence-electron chi connectivity index (χ3n) is 4.86. The number of imidazole rings is 1. The number of H-pyrrole nitrogens is 1. The molecule has 134 valence electrons. The zero-order valence-electron chi connectivity index (χ0n) is 13.9. The van der Waals surface area contributed by atoms with Crippen LogP contribution < -0.4 is 5.32 Å². The second-order valence-electron chi connectivity index (χ2n) is 6.38. The summed E-state index contributed by atoms with van der Waals surface area (Å²) in [5.41, 5.74) is 1.72. The third kappa shape index (κ3) is 3.07. The van der Waals surface area contributed by atoms with E-state index in [-0.39, 0.29) is 5.91 Å². The fraction of sp³-hybridized carbons (Fsp3) is 0.263. The molecule has 4 rings (SSSR count). The van der Waals surface area contributed by atoms with Crippen molar-refractivity contribution < 1.29 is 9.53 Å². The predicted molar refractivity (Wildman–Crippen MR) is 103 cm³/mol. The topological polar surface area (TPSA) is 67.0 Å². The first kappa shape index (κ1) is 17.3. The molecular formula is C19H17Cl2N3O2. The van der Waals surface area contributed by atoms with E-state index in [0.717, 1.165) is 11.1 Å². The van der Waals surface area contributed by atoms with Gasteiger partial charge in [-0.15, -0.1) is 0 Å². The van der Waals surface area contributed by atoms with E-state index in [1.165, 1.54) is 0 Å². The van der Waals surface area contributed by atoms with Crippen molar-refractivity contribution in [3.8, 4) is 0 Å². The normalized spacial score (nSPS) is 16.5. The van der Waals surface area contributed by atoms with Crippen LogP contribution in [0.1, 0.15) is 18.4 Å². The Kier molecular flexibility index (Phi) is 4.61. The highest BCUT2D eigenvalue weighted by atomic mass is 35.5. The second-order valence-corrected chi connectivity index (χ2v) is 7.20. The number of nitrogens with one attached hydrogen (secondary N) is 2. The van der Waals surface area contributed by atoms with E-state index in [1.807, 2.05) is 30.3 Å². The van der Waals surface area contributed by atoms with Gasteiger partial charge in [0.1, 0.15) is 0 Å². The standard InChI is InChI=1S/C19H17Cl2N3O2/c20-13-10-15-16(11-14(13)21)23-18(22-15)24-17(25)19(6-8-26-9-7-19)12-4-2-1-3-5-12/h1-5,10-11H,6-9H2,(H2,22,23,24,25). The lowest BCUT2D eigenvalue weighted by molar-refractivity contribution is -0.125. The van der Waals surface area contributed by atoms with E-state index in [4.69, 9.17) is 27.9 Å². The minimum Gasteiger partial charge on any atom is -0.381 e. The Hall–Kier alpha value is -2.08. The number of benzene rings is 2. The molecule has 26 heavy (non-hydrogen) atoms. The summed E-state index contributed by atoms with van der Waals surface area (Å²) >= 11 is 12.1. The van der Waals surface area contributed by atoms with Crippen LogP contribution in [0.25, 0.3) is 11.0 Å². The lowest BCUT2D eigenvalue weighted by Crippen LogP contribution is -2.45. The van der Waals surface area contributed by atoms with Gasteiger partial charge < -0.3 is 9.72 Å². The molecule has 0 atom stereocenters. The molecule has 1 amide bonds. The molecule has 0 saturated carbocycles. The number of ether oxygens (including phenoxy) is 1. The molecule has 1 aliphatic heterocycles. The zero-order chi connectivity index (χ0) is 18.1. The van der Waals surface area contributed by atoms with Crippen LogP contribution in [-0.4, -0.2) is 29.1 Å². The van der Waals surface area contributed by atoms with Crippen molar-refractivity contribution in [3.63, 3.8) is 0 Å². The Bertz CT molecular complexity index is 911. The highest BCUT2D eigenvalue weighted by Gasteiger charge is 2.42. The number of carbonyl (C=O) groups is 1. The predicted octanol–water partition coefficient (Wildman–Crippen LogP) is 4.56. The van der Waals surface area contributed by atoms with Crippen LogP contribution in [0, 0.1) is 0 Å². The maximum atomic E-state index is 13.2. The summed E-state index contributed by atoms with van der Waals surface area (Å²) in [5, 5.41) is 3.79. The van der Waals surface area contributed by atoms with Crippen LogP contribution in [0.3, 0.4) is 0 Å². The molecule has 7 heteroatoms. The van der Waals surface area contributed by atoms with Crippen molar-refractivity contribution in [2.45, 2.75) is 18.3 Å². The van der Waals surface area contributed by atoms with Gasteiger partial charge >= 0.3 is 0 Å². The molecule has 1 fully saturated rings. The van der Waals surface area contributed by atoms with Gasteiger partial charge in [-0.25, -0.2) is 4.98 Å². The average Bonchev–Trinajstić information content (AvgIpc) is 3.04. The van der Waals surface area contributed by atoms with E-state index in [0.29, 0.717) is 47.6 Å². The number of rotatable bonds is 3. The number of nitrogens with zero attached hydrogens (tertiary/aromatic N) is 1. The molecular weight excluding hydrogens is 373 g/mol. The van der Waals surface area contributed by atoms with Crippen molar-refractivity contribution in [1.29, 1.82) is 0 Å². The number of aromatic nitrogens is 2. The van der Waals surface area contributed by atoms with Crippen LogP contribution in [-0.2, 0) is 14.9 Å². The summed E-state index contributed by atoms with van der Waals surface area (Å²) in [6, 6.07) is 13.2. The van der Waals surface area contributed by atoms with E-state index < -0.39 is 5.41 Å². The van der Waals surface area contributed by atoms with Crippen LogP contribution in [0.5, 0.6) is 0 Å². The molecule has 2 N–H and O–H groups in total. The minimum absolute atomic E-state index is 0.0942. The van der Waals surface area contributed by atoms with Gasteiger partial charge in [0, 0.05) is 13.2 Å². The Morgan fingerprint density at radius 2 is 1.81 bits per heavy atom. The highest BCUT2D eigenvalue weighted by molar-refractivity contribution is 6.42. The highest BCUT2D eigenvalue weighted by Crippen LogP contribution is 2.36. The summed E-state index contributed by atoms with van der Waals surface area (Å²) in [5.74, 6) is 0.286. The van der Waals surface area contributed by atoms with Gasteiger partial charge in [-0.2, -0.15) is 0 Å². The van der Waals surface area contributed by atoms with Gasteiger partial charge in [-0.05, 0) is 30.5 Å². The van der Waals surface area contributed by atoms with Crippen LogP contribution >= 0.6 is 23.2 Å². The fourth-order valence-corrected chi connectivity index (χ4v) is 3.74. The lowest BCUT2D eigenvalue weighted by Gasteiger charge is -2.35. The van der Waals surface area contributed by atoms with Crippen molar-refractivity contribution in [2.24, 2.45) is 0 Å². The molecule has 1 aliphatic rings. The second kappa shape index (κ2) is 6.91. The number of halogens is 2. The number of amides is 1. The minimum atomic E-state index is -0.631. The molecule has 3 aromatic rings. The molecule has 0 spiro atoms. The Morgan fingerprint density at radius 3 is 2.54 bits per heavy atom. The van der Waals surface area contributed by atoms with Gasteiger partial charge in [0.15, 0.2) is 0 Å². The third-order valence-corrected chi connectivity index (χ3v) is 5.59. The molecule has 2 heterocycles.